The van der Waals surface area contributed by atoms with E-state index >= 15 is 0 Å². The molecule has 1 heterocycles. The Balaban J connectivity index is 3.06. The van der Waals surface area contributed by atoms with Gasteiger partial charge >= 0.3 is 0 Å². The highest BCUT2D eigenvalue weighted by molar-refractivity contribution is 5.99. The molecule has 0 radical (unpaired) electrons. The van der Waals surface area contributed by atoms with Gasteiger partial charge in [0.05, 0.1) is 0 Å². The first-order valence-corrected chi connectivity index (χ1v) is 6.00. The fourth-order valence-electron chi connectivity index (χ4n) is 2.18. The molecule has 1 N–H and O–H groups in total. The molecule has 92 valence electrons. The summed E-state index contributed by atoms with van der Waals surface area (Å²) in [5.74, 6) is -0.0132. The van der Waals surface area contributed by atoms with Crippen molar-refractivity contribution in [2.45, 2.75) is 65.1 Å². The SMILES string of the molecule is CCC1NC(=O)C(C)(C)N(C(C)CC)C1=O. The van der Waals surface area contributed by atoms with E-state index in [2.05, 4.69) is 5.32 Å². The standard InChI is InChI=1S/C12H22N2O2/c1-6-8(3)14-10(15)9(7-2)13-11(16)12(14,4)5/h8-9H,6-7H2,1-5H3,(H,13,16). The Morgan fingerprint density at radius 2 is 1.94 bits per heavy atom. The molecule has 0 aliphatic carbocycles. The predicted molar refractivity (Wildman–Crippen MR) is 62.9 cm³/mol. The summed E-state index contributed by atoms with van der Waals surface area (Å²) >= 11 is 0. The molecule has 4 nitrogen and oxygen atoms in total. The van der Waals surface area contributed by atoms with E-state index in [-0.39, 0.29) is 23.9 Å². The molecule has 1 aliphatic heterocycles. The van der Waals surface area contributed by atoms with Gasteiger partial charge in [-0.3, -0.25) is 9.59 Å². The molecule has 4 heteroatoms. The average molecular weight is 226 g/mol. The summed E-state index contributed by atoms with van der Waals surface area (Å²) in [5, 5.41) is 2.78. The third kappa shape index (κ3) is 1.93. The zero-order chi connectivity index (χ0) is 12.5. The molecule has 2 unspecified atom stereocenters. The van der Waals surface area contributed by atoms with E-state index < -0.39 is 5.54 Å². The molecule has 1 aliphatic rings. The normalized spacial score (nSPS) is 26.6. The summed E-state index contributed by atoms with van der Waals surface area (Å²) < 4.78 is 0. The van der Waals surface area contributed by atoms with E-state index in [1.807, 2.05) is 20.8 Å². The van der Waals surface area contributed by atoms with Crippen LogP contribution in [-0.4, -0.2) is 34.3 Å². The van der Waals surface area contributed by atoms with Crippen LogP contribution in [0.5, 0.6) is 0 Å². The van der Waals surface area contributed by atoms with Crippen LogP contribution in [0.15, 0.2) is 0 Å². The summed E-state index contributed by atoms with van der Waals surface area (Å²) in [7, 11) is 0. The minimum Gasteiger partial charge on any atom is -0.342 e. The number of rotatable bonds is 3. The van der Waals surface area contributed by atoms with Crippen LogP contribution in [0.1, 0.15) is 47.5 Å². The van der Waals surface area contributed by atoms with E-state index in [9.17, 15) is 9.59 Å². The van der Waals surface area contributed by atoms with Gasteiger partial charge in [0.1, 0.15) is 11.6 Å². The zero-order valence-electron chi connectivity index (χ0n) is 10.8. The summed E-state index contributed by atoms with van der Waals surface area (Å²) in [6, 6.07) is -0.253. The number of carbonyl (C=O) groups is 2. The van der Waals surface area contributed by atoms with Crippen molar-refractivity contribution < 1.29 is 9.59 Å². The first kappa shape index (κ1) is 13.0. The Bertz CT molecular complexity index is 299. The molecule has 0 saturated carbocycles. The largest absolute Gasteiger partial charge is 0.342 e. The van der Waals surface area contributed by atoms with Crippen molar-refractivity contribution in [1.29, 1.82) is 0 Å². The number of carbonyl (C=O) groups excluding carboxylic acids is 2. The molecular weight excluding hydrogens is 204 g/mol. The fourth-order valence-corrected chi connectivity index (χ4v) is 2.18. The van der Waals surface area contributed by atoms with E-state index in [0.717, 1.165) is 6.42 Å². The molecule has 1 saturated heterocycles. The molecule has 2 atom stereocenters. The van der Waals surface area contributed by atoms with Gasteiger partial charge in [0.15, 0.2) is 0 Å². The second-order valence-corrected chi connectivity index (χ2v) is 4.96. The number of nitrogens with one attached hydrogen (secondary N) is 1. The highest BCUT2D eigenvalue weighted by Gasteiger charge is 2.47. The molecule has 0 aromatic heterocycles. The van der Waals surface area contributed by atoms with Gasteiger partial charge < -0.3 is 10.2 Å². The number of nitrogens with zero attached hydrogens (tertiary/aromatic N) is 1. The van der Waals surface area contributed by atoms with Gasteiger partial charge in [-0.25, -0.2) is 0 Å². The highest BCUT2D eigenvalue weighted by atomic mass is 16.2. The summed E-state index contributed by atoms with van der Waals surface area (Å²) in [6.45, 7) is 9.54. The fraction of sp³-hybridized carbons (Fsp3) is 0.833. The van der Waals surface area contributed by atoms with Crippen molar-refractivity contribution in [3.8, 4) is 0 Å². The van der Waals surface area contributed by atoms with Gasteiger partial charge in [-0.1, -0.05) is 13.8 Å². The van der Waals surface area contributed by atoms with E-state index in [4.69, 9.17) is 0 Å². The Morgan fingerprint density at radius 3 is 2.38 bits per heavy atom. The number of hydrogen-bond donors (Lipinski definition) is 1. The number of amides is 2. The number of hydrogen-bond acceptors (Lipinski definition) is 2. The lowest BCUT2D eigenvalue weighted by molar-refractivity contribution is -0.158. The molecule has 1 rings (SSSR count). The molecular formula is C12H22N2O2. The monoisotopic (exact) mass is 226 g/mol. The lowest BCUT2D eigenvalue weighted by atomic mass is 9.92. The van der Waals surface area contributed by atoms with Gasteiger partial charge in [-0.15, -0.1) is 0 Å². The van der Waals surface area contributed by atoms with E-state index in [1.54, 1.807) is 18.7 Å². The van der Waals surface area contributed by atoms with Gasteiger partial charge in [-0.2, -0.15) is 0 Å². The lowest BCUT2D eigenvalue weighted by Gasteiger charge is -2.47. The molecule has 2 amide bonds. The third-order valence-electron chi connectivity index (χ3n) is 3.44. The van der Waals surface area contributed by atoms with Crippen molar-refractivity contribution in [3.63, 3.8) is 0 Å². The zero-order valence-corrected chi connectivity index (χ0v) is 10.8. The van der Waals surface area contributed by atoms with Gasteiger partial charge in [-0.05, 0) is 33.6 Å². The van der Waals surface area contributed by atoms with Crippen molar-refractivity contribution in [2.24, 2.45) is 0 Å². The van der Waals surface area contributed by atoms with E-state index in [1.165, 1.54) is 0 Å². The Kier molecular flexibility index (Phi) is 3.61. The first-order valence-electron chi connectivity index (χ1n) is 6.00. The van der Waals surface area contributed by atoms with Crippen LogP contribution in [0, 0.1) is 0 Å². The number of piperazine rings is 1. The Labute approximate surface area is 97.4 Å². The van der Waals surface area contributed by atoms with Gasteiger partial charge in [0, 0.05) is 6.04 Å². The van der Waals surface area contributed by atoms with Crippen LogP contribution < -0.4 is 5.32 Å². The van der Waals surface area contributed by atoms with Crippen LogP contribution in [0.25, 0.3) is 0 Å². The Morgan fingerprint density at radius 1 is 1.38 bits per heavy atom. The quantitative estimate of drug-likeness (QED) is 0.788. The van der Waals surface area contributed by atoms with Crippen LogP contribution in [0.4, 0.5) is 0 Å². The van der Waals surface area contributed by atoms with Crippen LogP contribution in [-0.2, 0) is 9.59 Å². The van der Waals surface area contributed by atoms with Gasteiger partial charge in [0.2, 0.25) is 11.8 Å². The topological polar surface area (TPSA) is 49.4 Å². The maximum Gasteiger partial charge on any atom is 0.246 e. The second kappa shape index (κ2) is 4.44. The van der Waals surface area contributed by atoms with E-state index in [0.29, 0.717) is 6.42 Å². The molecule has 1 fully saturated rings. The van der Waals surface area contributed by atoms with Crippen LogP contribution in [0.3, 0.4) is 0 Å². The highest BCUT2D eigenvalue weighted by Crippen LogP contribution is 2.25. The predicted octanol–water partition coefficient (Wildman–Crippen LogP) is 1.30. The maximum absolute atomic E-state index is 12.2. The molecule has 16 heavy (non-hydrogen) atoms. The maximum atomic E-state index is 12.2. The molecule has 0 bridgehead atoms. The molecule has 0 aromatic rings. The van der Waals surface area contributed by atoms with Crippen molar-refractivity contribution >= 4 is 11.8 Å². The average Bonchev–Trinajstić information content (AvgIpc) is 2.23. The Hall–Kier alpha value is -1.06. The minimum atomic E-state index is -0.738. The molecule has 0 aromatic carbocycles. The lowest BCUT2D eigenvalue weighted by Crippen LogP contribution is -2.70. The summed E-state index contributed by atoms with van der Waals surface area (Å²) in [6.07, 6.45) is 1.51. The second-order valence-electron chi connectivity index (χ2n) is 4.96. The third-order valence-corrected chi connectivity index (χ3v) is 3.44. The first-order chi connectivity index (χ1) is 7.36. The van der Waals surface area contributed by atoms with Crippen LogP contribution >= 0.6 is 0 Å². The van der Waals surface area contributed by atoms with Crippen molar-refractivity contribution in [2.75, 3.05) is 0 Å². The summed E-state index contributed by atoms with van der Waals surface area (Å²) in [5.41, 5.74) is -0.738. The molecule has 0 spiro atoms. The summed E-state index contributed by atoms with van der Waals surface area (Å²) in [4.78, 5) is 25.9. The van der Waals surface area contributed by atoms with Crippen molar-refractivity contribution in [1.82, 2.24) is 10.2 Å². The van der Waals surface area contributed by atoms with Gasteiger partial charge in [0.25, 0.3) is 0 Å². The van der Waals surface area contributed by atoms with Crippen LogP contribution in [0.2, 0.25) is 0 Å². The van der Waals surface area contributed by atoms with Crippen molar-refractivity contribution in [3.05, 3.63) is 0 Å². The smallest absolute Gasteiger partial charge is 0.246 e. The minimum absolute atomic E-state index is 0.0430.